The molecule has 2 aromatic rings. The fraction of sp³-hybridized carbons (Fsp3) is 0.100. The number of hydrogen-bond acceptors (Lipinski definition) is 1. The van der Waals surface area contributed by atoms with E-state index < -0.39 is 28.0 Å². The zero-order valence-electron chi connectivity index (χ0n) is 8.45. The van der Waals surface area contributed by atoms with Crippen LogP contribution >= 0.6 is 15.9 Å². The number of halogens is 6. The van der Waals surface area contributed by atoms with Gasteiger partial charge in [-0.15, -0.1) is 0 Å². The van der Waals surface area contributed by atoms with Crippen molar-refractivity contribution in [2.45, 2.75) is 6.18 Å². The minimum Gasteiger partial charge on any atom is -0.272 e. The molecule has 0 radical (unpaired) electrons. The van der Waals surface area contributed by atoms with E-state index in [1.54, 1.807) is 5.10 Å². The van der Waals surface area contributed by atoms with Crippen LogP contribution in [0.2, 0.25) is 0 Å². The smallest absolute Gasteiger partial charge is 0.272 e. The molecule has 1 heterocycles. The van der Waals surface area contributed by atoms with Gasteiger partial charge in [-0.1, -0.05) is 0 Å². The number of H-pyrrole nitrogens is 1. The molecule has 0 aliphatic heterocycles. The third kappa shape index (κ3) is 2.24. The zero-order valence-corrected chi connectivity index (χ0v) is 10.0. The molecule has 0 bridgehead atoms. The summed E-state index contributed by atoms with van der Waals surface area (Å²) in [5.74, 6) is -1.81. The summed E-state index contributed by atoms with van der Waals surface area (Å²) in [6.45, 7) is 0. The quantitative estimate of drug-likeness (QED) is 0.784. The Kier molecular flexibility index (Phi) is 3.14. The second-order valence-electron chi connectivity index (χ2n) is 3.38. The number of rotatable bonds is 1. The van der Waals surface area contributed by atoms with Crippen LogP contribution in [0.3, 0.4) is 0 Å². The zero-order chi connectivity index (χ0) is 13.5. The first kappa shape index (κ1) is 13.0. The molecular weight excluding hydrogens is 323 g/mol. The van der Waals surface area contributed by atoms with E-state index in [1.165, 1.54) is 0 Å². The summed E-state index contributed by atoms with van der Waals surface area (Å²) in [4.78, 5) is 0. The van der Waals surface area contributed by atoms with Crippen LogP contribution in [0.25, 0.3) is 11.3 Å². The SMILES string of the molecule is Fc1ccc(-c2n[nH]c(C(F)(F)F)c2Br)c(F)c1. The molecule has 1 N–H and O–H groups in total. The summed E-state index contributed by atoms with van der Waals surface area (Å²) in [5.41, 5.74) is -1.61. The molecule has 0 atom stereocenters. The molecule has 0 saturated heterocycles. The van der Waals surface area contributed by atoms with Gasteiger partial charge in [-0.25, -0.2) is 8.78 Å². The highest BCUT2D eigenvalue weighted by Crippen LogP contribution is 2.38. The lowest BCUT2D eigenvalue weighted by Crippen LogP contribution is -2.06. The molecule has 96 valence electrons. The molecule has 0 fully saturated rings. The lowest BCUT2D eigenvalue weighted by Gasteiger charge is -2.04. The minimum atomic E-state index is -4.64. The topological polar surface area (TPSA) is 28.7 Å². The normalized spacial score (nSPS) is 11.9. The Morgan fingerprint density at radius 3 is 2.33 bits per heavy atom. The van der Waals surface area contributed by atoms with Crippen LogP contribution in [0.1, 0.15) is 5.69 Å². The van der Waals surface area contributed by atoms with Crippen LogP contribution in [0, 0.1) is 11.6 Å². The number of aromatic nitrogens is 2. The highest BCUT2D eigenvalue weighted by molar-refractivity contribution is 9.10. The Balaban J connectivity index is 2.56. The van der Waals surface area contributed by atoms with Gasteiger partial charge in [0.15, 0.2) is 5.69 Å². The van der Waals surface area contributed by atoms with Gasteiger partial charge < -0.3 is 0 Å². The van der Waals surface area contributed by atoms with Crippen LogP contribution in [0.4, 0.5) is 22.0 Å². The minimum absolute atomic E-state index is 0.227. The fourth-order valence-corrected chi connectivity index (χ4v) is 1.99. The molecule has 0 aliphatic rings. The fourth-order valence-electron chi connectivity index (χ4n) is 1.38. The van der Waals surface area contributed by atoms with Crippen LogP contribution in [0.5, 0.6) is 0 Å². The van der Waals surface area contributed by atoms with Gasteiger partial charge >= 0.3 is 6.18 Å². The third-order valence-electron chi connectivity index (χ3n) is 2.18. The molecule has 0 aliphatic carbocycles. The lowest BCUT2D eigenvalue weighted by atomic mass is 10.1. The number of hydrogen-bond donors (Lipinski definition) is 1. The van der Waals surface area contributed by atoms with Gasteiger partial charge in [0.2, 0.25) is 0 Å². The average Bonchev–Trinajstić information content (AvgIpc) is 2.60. The molecule has 0 unspecified atom stereocenters. The van der Waals surface area contributed by atoms with E-state index in [0.29, 0.717) is 6.07 Å². The molecule has 8 heteroatoms. The lowest BCUT2D eigenvalue weighted by molar-refractivity contribution is -0.141. The van der Waals surface area contributed by atoms with Gasteiger partial charge in [0.05, 0.1) is 4.47 Å². The second-order valence-corrected chi connectivity index (χ2v) is 4.18. The number of alkyl halides is 3. The van der Waals surface area contributed by atoms with Crippen molar-refractivity contribution in [1.29, 1.82) is 0 Å². The van der Waals surface area contributed by atoms with E-state index in [9.17, 15) is 22.0 Å². The van der Waals surface area contributed by atoms with E-state index in [-0.39, 0.29) is 11.3 Å². The summed E-state index contributed by atoms with van der Waals surface area (Å²) in [6.07, 6.45) is -4.64. The number of benzene rings is 1. The Bertz CT molecular complexity index is 590. The van der Waals surface area contributed by atoms with Crippen molar-refractivity contribution in [3.8, 4) is 11.3 Å². The molecule has 18 heavy (non-hydrogen) atoms. The molecule has 2 nitrogen and oxygen atoms in total. The van der Waals surface area contributed by atoms with E-state index in [2.05, 4.69) is 21.0 Å². The summed E-state index contributed by atoms with van der Waals surface area (Å²) in [5, 5.41) is 5.16. The van der Waals surface area contributed by atoms with Crippen molar-refractivity contribution in [2.75, 3.05) is 0 Å². The molecule has 0 saturated carbocycles. The summed E-state index contributed by atoms with van der Waals surface area (Å²) in [6, 6.07) is 2.53. The maximum atomic E-state index is 13.4. The van der Waals surface area contributed by atoms with Gasteiger partial charge in [-0.2, -0.15) is 18.3 Å². The molecule has 1 aromatic heterocycles. The second kappa shape index (κ2) is 4.34. The van der Waals surface area contributed by atoms with Gasteiger partial charge in [-0.3, -0.25) is 5.10 Å². The van der Waals surface area contributed by atoms with Crippen molar-refractivity contribution in [1.82, 2.24) is 10.2 Å². The van der Waals surface area contributed by atoms with Crippen LogP contribution in [-0.2, 0) is 6.18 Å². The van der Waals surface area contributed by atoms with Gasteiger partial charge in [-0.05, 0) is 28.1 Å². The van der Waals surface area contributed by atoms with Crippen molar-refractivity contribution < 1.29 is 22.0 Å². The first-order valence-corrected chi connectivity index (χ1v) is 5.36. The van der Waals surface area contributed by atoms with Crippen LogP contribution in [-0.4, -0.2) is 10.2 Å². The summed E-state index contributed by atoms with van der Waals surface area (Å²) in [7, 11) is 0. The molecular formula is C10H4BrF5N2. The van der Waals surface area contributed by atoms with Crippen molar-refractivity contribution >= 4 is 15.9 Å². The maximum Gasteiger partial charge on any atom is 0.433 e. The predicted octanol–water partition coefficient (Wildman–Crippen LogP) is 4.14. The number of nitrogens with zero attached hydrogens (tertiary/aromatic N) is 1. The Morgan fingerprint density at radius 2 is 1.83 bits per heavy atom. The maximum absolute atomic E-state index is 13.4. The Labute approximate surface area is 106 Å². The highest BCUT2D eigenvalue weighted by atomic mass is 79.9. The van der Waals surface area contributed by atoms with Crippen molar-refractivity contribution in [3.05, 3.63) is 40.0 Å². The van der Waals surface area contributed by atoms with Crippen LogP contribution < -0.4 is 0 Å². The number of aromatic amines is 1. The van der Waals surface area contributed by atoms with E-state index in [0.717, 1.165) is 12.1 Å². The van der Waals surface area contributed by atoms with Crippen molar-refractivity contribution in [2.24, 2.45) is 0 Å². The third-order valence-corrected chi connectivity index (χ3v) is 2.95. The summed E-state index contributed by atoms with van der Waals surface area (Å²) < 4.78 is 63.2. The monoisotopic (exact) mass is 326 g/mol. The van der Waals surface area contributed by atoms with Gasteiger partial charge in [0.1, 0.15) is 17.3 Å². The van der Waals surface area contributed by atoms with Crippen molar-refractivity contribution in [3.63, 3.8) is 0 Å². The molecule has 0 spiro atoms. The number of nitrogens with one attached hydrogen (secondary N) is 1. The van der Waals surface area contributed by atoms with E-state index in [1.807, 2.05) is 0 Å². The van der Waals surface area contributed by atoms with Gasteiger partial charge in [0.25, 0.3) is 0 Å². The first-order chi connectivity index (χ1) is 8.30. The summed E-state index contributed by atoms with van der Waals surface area (Å²) >= 11 is 2.70. The Hall–Kier alpha value is -1.44. The standard InChI is InChI=1S/C10H4BrF5N2/c11-7-8(17-18-9(7)10(14,15)16)5-2-1-4(12)3-6(5)13/h1-3H,(H,17,18). The highest BCUT2D eigenvalue weighted by Gasteiger charge is 2.37. The predicted molar refractivity (Wildman–Crippen MR) is 56.6 cm³/mol. The Morgan fingerprint density at radius 1 is 1.17 bits per heavy atom. The molecule has 0 amide bonds. The molecule has 2 rings (SSSR count). The molecule has 1 aromatic carbocycles. The van der Waals surface area contributed by atoms with E-state index >= 15 is 0 Å². The van der Waals surface area contributed by atoms with E-state index in [4.69, 9.17) is 0 Å². The van der Waals surface area contributed by atoms with Crippen LogP contribution in [0.15, 0.2) is 22.7 Å². The first-order valence-electron chi connectivity index (χ1n) is 4.57. The average molecular weight is 327 g/mol. The van der Waals surface area contributed by atoms with Gasteiger partial charge in [0, 0.05) is 11.6 Å². The largest absolute Gasteiger partial charge is 0.433 e.